The molecule has 0 spiro atoms. The van der Waals surface area contributed by atoms with E-state index in [0.29, 0.717) is 17.8 Å². The first-order valence-corrected chi connectivity index (χ1v) is 8.80. The smallest absolute Gasteiger partial charge is 0.228 e. The summed E-state index contributed by atoms with van der Waals surface area (Å²) in [5.74, 6) is -1.52. The molecule has 5 nitrogen and oxygen atoms in total. The van der Waals surface area contributed by atoms with Crippen molar-refractivity contribution < 1.29 is 14.0 Å². The zero-order valence-corrected chi connectivity index (χ0v) is 15.4. The van der Waals surface area contributed by atoms with Crippen molar-refractivity contribution in [3.63, 3.8) is 0 Å². The second-order valence-electron chi connectivity index (χ2n) is 6.74. The Morgan fingerprint density at radius 1 is 1.19 bits per heavy atom. The van der Waals surface area contributed by atoms with Gasteiger partial charge in [-0.05, 0) is 41.8 Å². The number of anilines is 1. The fraction of sp³-hybridized carbons (Fsp3) is 0.300. The van der Waals surface area contributed by atoms with Gasteiger partial charge >= 0.3 is 0 Å². The van der Waals surface area contributed by atoms with E-state index in [2.05, 4.69) is 28.1 Å². The van der Waals surface area contributed by atoms with Crippen LogP contribution in [0.5, 0.6) is 0 Å². The zero-order chi connectivity index (χ0) is 18.1. The lowest BCUT2D eigenvalue weighted by atomic mass is 9.89. The number of amides is 2. The summed E-state index contributed by atoms with van der Waals surface area (Å²) in [5.41, 5.74) is 3.52. The maximum Gasteiger partial charge on any atom is 0.228 e. The van der Waals surface area contributed by atoms with Gasteiger partial charge in [0.2, 0.25) is 11.8 Å². The van der Waals surface area contributed by atoms with Crippen LogP contribution in [-0.4, -0.2) is 24.9 Å². The molecule has 2 aromatic rings. The molecule has 0 aromatic heterocycles. The highest BCUT2D eigenvalue weighted by Crippen LogP contribution is 2.33. The molecule has 2 heterocycles. The highest BCUT2D eigenvalue weighted by Gasteiger charge is 2.31. The third kappa shape index (κ3) is 3.96. The minimum absolute atomic E-state index is 0. The number of rotatable bonds is 3. The van der Waals surface area contributed by atoms with Gasteiger partial charge in [0.25, 0.3) is 0 Å². The van der Waals surface area contributed by atoms with Crippen LogP contribution in [0.2, 0.25) is 0 Å². The molecule has 2 atom stereocenters. The predicted octanol–water partition coefficient (Wildman–Crippen LogP) is 2.68. The third-order valence-corrected chi connectivity index (χ3v) is 5.07. The van der Waals surface area contributed by atoms with Gasteiger partial charge in [-0.2, -0.15) is 0 Å². The number of fused-ring (bicyclic) bond motifs is 2. The minimum Gasteiger partial charge on any atom is -0.354 e. The van der Waals surface area contributed by atoms with Crippen LogP contribution in [-0.2, 0) is 16.0 Å². The quantitative estimate of drug-likeness (QED) is 0.756. The van der Waals surface area contributed by atoms with E-state index in [1.807, 2.05) is 12.1 Å². The van der Waals surface area contributed by atoms with E-state index in [0.717, 1.165) is 13.0 Å². The molecule has 3 N–H and O–H groups in total. The van der Waals surface area contributed by atoms with E-state index in [1.165, 1.54) is 23.3 Å². The molecule has 0 bridgehead atoms. The Hall–Kier alpha value is -2.44. The molecule has 0 saturated carbocycles. The molecule has 0 fully saturated rings. The van der Waals surface area contributed by atoms with Gasteiger partial charge < -0.3 is 16.0 Å². The summed E-state index contributed by atoms with van der Waals surface area (Å²) in [4.78, 5) is 24.6. The van der Waals surface area contributed by atoms with E-state index in [1.54, 1.807) is 6.07 Å². The Morgan fingerprint density at radius 2 is 2.00 bits per heavy atom. The van der Waals surface area contributed by atoms with Gasteiger partial charge in [-0.1, -0.05) is 30.3 Å². The van der Waals surface area contributed by atoms with Gasteiger partial charge in [-0.3, -0.25) is 9.59 Å². The number of benzene rings is 2. The van der Waals surface area contributed by atoms with Gasteiger partial charge in [0.15, 0.2) is 0 Å². The fourth-order valence-corrected chi connectivity index (χ4v) is 3.77. The van der Waals surface area contributed by atoms with Crippen molar-refractivity contribution in [3.8, 4) is 0 Å². The van der Waals surface area contributed by atoms with E-state index < -0.39 is 11.7 Å². The second-order valence-corrected chi connectivity index (χ2v) is 6.74. The molecule has 27 heavy (non-hydrogen) atoms. The third-order valence-electron chi connectivity index (χ3n) is 5.07. The number of halogens is 2. The Balaban J connectivity index is 0.00000210. The van der Waals surface area contributed by atoms with Crippen molar-refractivity contribution >= 4 is 29.9 Å². The lowest BCUT2D eigenvalue weighted by molar-refractivity contribution is -0.126. The molecule has 142 valence electrons. The maximum absolute atomic E-state index is 13.4. The van der Waals surface area contributed by atoms with E-state index >= 15 is 0 Å². The van der Waals surface area contributed by atoms with Crippen LogP contribution in [0.15, 0.2) is 42.5 Å². The molecule has 2 amide bonds. The van der Waals surface area contributed by atoms with Crippen molar-refractivity contribution in [2.45, 2.75) is 24.8 Å². The molecule has 0 radical (unpaired) electrons. The summed E-state index contributed by atoms with van der Waals surface area (Å²) in [7, 11) is 0. The molecule has 0 saturated heterocycles. The van der Waals surface area contributed by atoms with Crippen LogP contribution < -0.4 is 16.0 Å². The maximum atomic E-state index is 13.4. The Morgan fingerprint density at radius 3 is 2.85 bits per heavy atom. The summed E-state index contributed by atoms with van der Waals surface area (Å²) in [6, 6.07) is 12.4. The van der Waals surface area contributed by atoms with Crippen molar-refractivity contribution in [1.29, 1.82) is 0 Å². The van der Waals surface area contributed by atoms with Crippen LogP contribution >= 0.6 is 12.4 Å². The van der Waals surface area contributed by atoms with Gasteiger partial charge in [-0.25, -0.2) is 4.39 Å². The first-order chi connectivity index (χ1) is 12.6. The largest absolute Gasteiger partial charge is 0.354 e. The monoisotopic (exact) mass is 389 g/mol. The average molecular weight is 390 g/mol. The van der Waals surface area contributed by atoms with Crippen molar-refractivity contribution in [1.82, 2.24) is 10.6 Å². The highest BCUT2D eigenvalue weighted by molar-refractivity contribution is 6.01. The minimum atomic E-state index is -0.599. The van der Waals surface area contributed by atoms with Crippen LogP contribution in [0.1, 0.15) is 35.1 Å². The number of carbonyl (C=O) groups excluding carboxylic acids is 2. The molecule has 2 aliphatic heterocycles. The first kappa shape index (κ1) is 19.3. The number of hydrogen-bond acceptors (Lipinski definition) is 3. The summed E-state index contributed by atoms with van der Waals surface area (Å²) < 4.78 is 13.4. The average Bonchev–Trinajstić information content (AvgIpc) is 2.65. The molecule has 7 heteroatoms. The summed E-state index contributed by atoms with van der Waals surface area (Å²) >= 11 is 0. The van der Waals surface area contributed by atoms with Crippen LogP contribution in [0, 0.1) is 5.82 Å². The van der Waals surface area contributed by atoms with Crippen LogP contribution in [0.3, 0.4) is 0 Å². The normalized spacial score (nSPS) is 20.6. The Labute approximate surface area is 163 Å². The molecule has 4 rings (SSSR count). The lowest BCUT2D eigenvalue weighted by Gasteiger charge is -2.29. The van der Waals surface area contributed by atoms with E-state index in [-0.39, 0.29) is 36.7 Å². The van der Waals surface area contributed by atoms with Crippen LogP contribution in [0.4, 0.5) is 10.1 Å². The molecule has 0 aliphatic carbocycles. The zero-order valence-electron chi connectivity index (χ0n) is 14.6. The SMILES string of the molecule is Cl.O=C1CC(C(=O)NCC2NCCc3ccccc32)c2ccc(F)cc2N1. The number of hydrogen-bond donors (Lipinski definition) is 3. The fourth-order valence-electron chi connectivity index (χ4n) is 3.77. The molecule has 2 aromatic carbocycles. The first-order valence-electron chi connectivity index (χ1n) is 8.80. The molecular formula is C20H21ClFN3O2. The highest BCUT2D eigenvalue weighted by atomic mass is 35.5. The predicted molar refractivity (Wildman–Crippen MR) is 104 cm³/mol. The van der Waals surface area contributed by atoms with E-state index in [4.69, 9.17) is 0 Å². The topological polar surface area (TPSA) is 70.2 Å². The summed E-state index contributed by atoms with van der Waals surface area (Å²) in [5, 5.41) is 9.02. The number of carbonyl (C=O) groups is 2. The summed E-state index contributed by atoms with van der Waals surface area (Å²) in [6.07, 6.45) is 1.04. The van der Waals surface area contributed by atoms with Gasteiger partial charge in [0, 0.05) is 24.7 Å². The standard InChI is InChI=1S/C20H20FN3O2.ClH/c21-13-5-6-15-16(10-19(25)24-17(15)9-13)20(26)23-11-18-14-4-2-1-3-12(14)7-8-22-18;/h1-6,9,16,18,22H,7-8,10-11H2,(H,23,26)(H,24,25);1H. The molecule has 2 unspecified atom stereocenters. The van der Waals surface area contributed by atoms with Gasteiger partial charge in [0.1, 0.15) is 5.82 Å². The molecule has 2 aliphatic rings. The Bertz CT molecular complexity index is 874. The van der Waals surface area contributed by atoms with Crippen molar-refractivity contribution in [3.05, 3.63) is 65.0 Å². The number of nitrogens with one attached hydrogen (secondary N) is 3. The van der Waals surface area contributed by atoms with Gasteiger partial charge in [-0.15, -0.1) is 12.4 Å². The molecular weight excluding hydrogens is 369 g/mol. The lowest BCUT2D eigenvalue weighted by Crippen LogP contribution is -2.41. The van der Waals surface area contributed by atoms with Gasteiger partial charge in [0.05, 0.1) is 5.92 Å². The summed E-state index contributed by atoms with van der Waals surface area (Å²) in [6.45, 7) is 1.32. The van der Waals surface area contributed by atoms with Crippen molar-refractivity contribution in [2.24, 2.45) is 0 Å². The van der Waals surface area contributed by atoms with Crippen LogP contribution in [0.25, 0.3) is 0 Å². The van der Waals surface area contributed by atoms with Crippen molar-refractivity contribution in [2.75, 3.05) is 18.4 Å². The second kappa shape index (κ2) is 8.06. The van der Waals surface area contributed by atoms with E-state index in [9.17, 15) is 14.0 Å². The Kier molecular flexibility index (Phi) is 5.77.